The Balaban J connectivity index is 0.000000174. The number of aromatic nitrogens is 12. The fourth-order valence-corrected chi connectivity index (χ4v) is 15.8. The Bertz CT molecular complexity index is 5810. The van der Waals surface area contributed by atoms with E-state index in [1.165, 1.54) is 68.7 Å². The minimum absolute atomic E-state index is 0.0185. The van der Waals surface area contributed by atoms with Gasteiger partial charge in [0.1, 0.15) is 104 Å². The van der Waals surface area contributed by atoms with Gasteiger partial charge in [-0.2, -0.15) is 0 Å². The summed E-state index contributed by atoms with van der Waals surface area (Å²) < 4.78 is 99.0. The number of ketones is 1. The zero-order valence-corrected chi connectivity index (χ0v) is 76.7. The highest BCUT2D eigenvalue weighted by molar-refractivity contribution is 9.69. The number of aromatic hydroxyl groups is 2. The summed E-state index contributed by atoms with van der Waals surface area (Å²) in [6.45, 7) is 21.2. The molecule has 1 amide bonds. The fraction of sp³-hybridized carbons (Fsp3) is 0.318. The Morgan fingerprint density at radius 2 is 0.800 bits per heavy atom. The predicted octanol–water partition coefficient (Wildman–Crippen LogP) is 19.0. The molecule has 3 aliphatic heterocycles. The number of carbonyl (C=O) groups excluding carboxylic acids is 2. The standard InChI is InChI=1S/C29H28ClF2N7O2.C28H29ClF2N6O.C27H27ClF2N6O.C4H6O.BBr3/c1-4-24(41)39-12-11-38(14-17(39)2)29-18-13-19(30)25(26-20(31)7-5-8-21(26)40)27(32)28(18)35-23(36-29)16-37(3)15-22-33-9-6-10-34-22;1-17-7-5-12-37(14-17)28-18-13-19(29)24(25-20(30)8-4-9-21(25)38-3)26(31)27(18)34-23(35-28)16-36(2)15-22-32-10-6-11-33-22;1-16-6-4-11-36(13-16)27-17-12-18(28)23(24-19(29)7-3-8-20(24)37)25(30)26(17)33-22(34-27)15-35(2)14-21-31-9-5-10-32-21;1-3-4(2)5;2-1(3)4/h4-10,13,17,40H,1,11-12,14-16H2,2-3H3;4,6,8-11,13,17H,5,7,12,14-16H2,1-3H3;3,5,7-10,12,16,37H,4,6,11,13-15H2,1-2H3;3H,1H2,2H3;/t2*17-;16-;;/m100../s1. The van der Waals surface area contributed by atoms with Crippen LogP contribution in [0.1, 0.15) is 88.3 Å². The largest absolute Gasteiger partial charge is 0.507 e. The van der Waals surface area contributed by atoms with Crippen molar-refractivity contribution in [3.05, 3.63) is 238 Å². The number of benzene rings is 6. The molecule has 0 bridgehead atoms. The van der Waals surface area contributed by atoms with Gasteiger partial charge in [-0.05, 0) is 157 Å². The maximum Gasteiger partial charge on any atom is 0.369 e. The van der Waals surface area contributed by atoms with Crippen LogP contribution in [0.3, 0.4) is 0 Å². The van der Waals surface area contributed by atoms with E-state index in [2.05, 4.69) is 129 Å². The van der Waals surface area contributed by atoms with Crippen molar-refractivity contribution in [2.24, 2.45) is 11.8 Å². The van der Waals surface area contributed by atoms with E-state index in [0.29, 0.717) is 133 Å². The molecule has 0 spiro atoms. The number of anilines is 3. The lowest BCUT2D eigenvalue weighted by Crippen LogP contribution is -2.54. The van der Waals surface area contributed by atoms with Gasteiger partial charge in [-0.15, -0.1) is 47.3 Å². The summed E-state index contributed by atoms with van der Waals surface area (Å²) in [5.74, 6) is 0.243. The van der Waals surface area contributed by atoms with Gasteiger partial charge in [0, 0.05) is 122 Å². The SMILES string of the molecule is BrB(Br)Br.C=CC(=O)N1CCN(c2nc(CN(C)Cc3ncccn3)nc3c(F)c(-c4c(O)cccc4F)c(Cl)cc23)C[C@H]1C.C=CC(C)=O.COc1cccc(F)c1-c1c(Cl)cc2c(N3CCC[C@H](C)C3)nc(CN(C)Cc3ncccn3)nc2c1F.C[C@H]1CCCN(c2nc(CN(C)Cc3ncccn3)nc3c(F)c(-c4c(O)cccc4F)c(Cl)cc23)C1. The number of methoxy groups -OCH3 is 1. The van der Waals surface area contributed by atoms with Gasteiger partial charge in [0.05, 0.1) is 78.1 Å². The number of hydrogen-bond donors (Lipinski definition) is 2. The fourth-order valence-electron chi connectivity index (χ4n) is 14.9. The van der Waals surface area contributed by atoms with Crippen molar-refractivity contribution < 1.29 is 50.9 Å². The number of amides is 1. The molecule has 0 aliphatic carbocycles. The van der Waals surface area contributed by atoms with Crippen molar-refractivity contribution in [1.29, 1.82) is 0 Å². The van der Waals surface area contributed by atoms with Gasteiger partial charge in [-0.25, -0.2) is 86.2 Å². The van der Waals surface area contributed by atoms with E-state index in [4.69, 9.17) is 54.5 Å². The Labute approximate surface area is 760 Å². The van der Waals surface area contributed by atoms with Crippen LogP contribution in [0.2, 0.25) is 15.1 Å². The molecule has 0 unspecified atom stereocenters. The number of phenolic OH excluding ortho intramolecular Hbond substituents is 2. The van der Waals surface area contributed by atoms with E-state index in [1.807, 2.05) is 47.7 Å². The molecule has 6 aromatic carbocycles. The van der Waals surface area contributed by atoms with E-state index < -0.39 is 46.4 Å². The minimum Gasteiger partial charge on any atom is -0.507 e. The lowest BCUT2D eigenvalue weighted by atomic mass is 9.98. The van der Waals surface area contributed by atoms with Crippen molar-refractivity contribution in [3.8, 4) is 50.6 Å². The van der Waals surface area contributed by atoms with Crippen LogP contribution in [0, 0.1) is 46.7 Å². The lowest BCUT2D eigenvalue weighted by molar-refractivity contribution is -0.128. The number of ether oxygens (including phenoxy) is 1. The van der Waals surface area contributed by atoms with Crippen molar-refractivity contribution >= 4 is 147 Å². The molecule has 3 atom stereocenters. The normalized spacial score (nSPS) is 15.1. The van der Waals surface area contributed by atoms with Crippen molar-refractivity contribution in [2.75, 3.05) is 88.8 Å². The third-order valence-corrected chi connectivity index (χ3v) is 21.5. The van der Waals surface area contributed by atoms with Crippen molar-refractivity contribution in [3.63, 3.8) is 0 Å². The van der Waals surface area contributed by atoms with E-state index in [1.54, 1.807) is 78.5 Å². The molecular weight excluding hydrogens is 1870 g/mol. The van der Waals surface area contributed by atoms with Crippen LogP contribution in [0.5, 0.6) is 17.2 Å². The molecule has 125 heavy (non-hydrogen) atoms. The van der Waals surface area contributed by atoms with Crippen molar-refractivity contribution in [2.45, 2.75) is 98.7 Å². The first-order chi connectivity index (χ1) is 59.8. The van der Waals surface area contributed by atoms with E-state index >= 15 is 13.2 Å². The summed E-state index contributed by atoms with van der Waals surface area (Å²) in [5.41, 5.74) is -1.20. The van der Waals surface area contributed by atoms with E-state index in [-0.39, 0.29) is 98.2 Å². The molecule has 6 aromatic heterocycles. The van der Waals surface area contributed by atoms with Gasteiger partial charge in [0.15, 0.2) is 23.2 Å². The topological polar surface area (TPSA) is 261 Å². The highest BCUT2D eigenvalue weighted by atomic mass is 79.9. The van der Waals surface area contributed by atoms with Crippen LogP contribution in [0.15, 0.2) is 153 Å². The van der Waals surface area contributed by atoms with Crippen LogP contribution in [0.25, 0.3) is 66.1 Å². The summed E-state index contributed by atoms with van der Waals surface area (Å²) in [7, 11) is 7.04. The van der Waals surface area contributed by atoms with E-state index in [0.717, 1.165) is 64.0 Å². The smallest absolute Gasteiger partial charge is 0.369 e. The zero-order chi connectivity index (χ0) is 90.0. The van der Waals surface area contributed by atoms with Gasteiger partial charge in [-0.1, -0.05) is 80.0 Å². The van der Waals surface area contributed by atoms with Gasteiger partial charge in [0.2, 0.25) is 5.91 Å². The maximum atomic E-state index is 16.4. The first-order valence-corrected chi connectivity index (χ1v) is 43.6. The number of nitrogens with zero attached hydrogens (tertiary/aromatic N) is 19. The van der Waals surface area contributed by atoms with Gasteiger partial charge >= 0.3 is 3.18 Å². The second-order valence-electron chi connectivity index (χ2n) is 30.3. The molecule has 0 radical (unpaired) electrons. The lowest BCUT2D eigenvalue weighted by Gasteiger charge is -2.40. The average Bonchev–Trinajstić information content (AvgIpc) is 0.755. The summed E-state index contributed by atoms with van der Waals surface area (Å²) in [6, 6.07) is 21.6. The minimum atomic E-state index is -0.875. The maximum absolute atomic E-state index is 16.4. The molecule has 9 heterocycles. The molecule has 3 saturated heterocycles. The Morgan fingerprint density at radius 1 is 0.480 bits per heavy atom. The molecule has 15 rings (SSSR count). The summed E-state index contributed by atoms with van der Waals surface area (Å²) >= 11 is 29.0. The second kappa shape index (κ2) is 44.3. The number of phenols is 2. The highest BCUT2D eigenvalue weighted by Gasteiger charge is 2.34. The quantitative estimate of drug-likeness (QED) is 0.0385. The molecule has 3 aliphatic rings. The van der Waals surface area contributed by atoms with Gasteiger partial charge in [0.25, 0.3) is 0 Å². The molecule has 654 valence electrons. The van der Waals surface area contributed by atoms with Crippen LogP contribution < -0.4 is 19.4 Å². The Hall–Kier alpha value is -10.2. The first kappa shape index (κ1) is 95.5. The predicted molar refractivity (Wildman–Crippen MR) is 489 cm³/mol. The molecule has 12 aromatic rings. The number of allylic oxidation sites excluding steroid dienone is 1. The van der Waals surface area contributed by atoms with Crippen LogP contribution >= 0.6 is 82.1 Å². The Kier molecular flexibility index (Phi) is 33.9. The number of piperidine rings is 2. The first-order valence-electron chi connectivity index (χ1n) is 39.8. The summed E-state index contributed by atoms with van der Waals surface area (Å²) in [5, 5.41) is 22.0. The Morgan fingerprint density at radius 3 is 1.11 bits per heavy atom. The van der Waals surface area contributed by atoms with Gasteiger partial charge < -0.3 is 34.5 Å². The molecule has 2 N–H and O–H groups in total. The average molecular weight is 1960 g/mol. The summed E-state index contributed by atoms with van der Waals surface area (Å²) in [6.07, 6.45) is 16.8. The summed E-state index contributed by atoms with van der Waals surface area (Å²) in [4.78, 5) is 89.6. The third-order valence-electron chi connectivity index (χ3n) is 20.6. The zero-order valence-electron chi connectivity index (χ0n) is 69.7. The molecule has 37 heteroatoms. The van der Waals surface area contributed by atoms with Gasteiger partial charge in [-0.3, -0.25) is 24.3 Å². The second-order valence-corrected chi connectivity index (χ2v) is 38.0. The van der Waals surface area contributed by atoms with Crippen LogP contribution in [-0.2, 0) is 48.9 Å². The third kappa shape index (κ3) is 24.1. The molecule has 24 nitrogen and oxygen atoms in total. The highest BCUT2D eigenvalue weighted by Crippen LogP contribution is 2.47. The number of rotatable bonds is 21. The van der Waals surface area contributed by atoms with Crippen molar-refractivity contribution in [1.82, 2.24) is 79.4 Å². The van der Waals surface area contributed by atoms with Crippen LogP contribution in [0.4, 0.5) is 43.8 Å². The number of halogens is 12. The number of carbonyl (C=O) groups is 2. The number of hydrogen-bond acceptors (Lipinski definition) is 23. The van der Waals surface area contributed by atoms with Crippen LogP contribution in [-0.4, -0.2) is 185 Å². The number of piperazine rings is 1. The number of fused-ring (bicyclic) bond motifs is 3. The molecule has 3 fully saturated rings. The van der Waals surface area contributed by atoms with E-state index in [9.17, 15) is 33.0 Å². The molecule has 0 saturated carbocycles. The monoisotopic (exact) mass is 1960 g/mol. The molecular formula is C88H90BBr3Cl3F6N19O5.